The minimum atomic E-state index is 0. The monoisotopic (exact) mass is 257 g/mol. The van der Waals surface area contributed by atoms with Gasteiger partial charge in [-0.3, -0.25) is 4.90 Å². The predicted octanol–water partition coefficient (Wildman–Crippen LogP) is 1.81. The van der Waals surface area contributed by atoms with Gasteiger partial charge < -0.3 is 9.84 Å². The van der Waals surface area contributed by atoms with Gasteiger partial charge in [-0.05, 0) is 38.8 Å². The number of halogens is 1. The van der Waals surface area contributed by atoms with Crippen molar-refractivity contribution in [1.29, 1.82) is 0 Å². The summed E-state index contributed by atoms with van der Waals surface area (Å²) in [6, 6.07) is 3.53. The zero-order valence-corrected chi connectivity index (χ0v) is 10.8. The van der Waals surface area contributed by atoms with Crippen LogP contribution < -0.4 is 5.32 Å². The highest BCUT2D eigenvalue weighted by Gasteiger charge is 2.34. The van der Waals surface area contributed by atoms with E-state index in [0.29, 0.717) is 0 Å². The van der Waals surface area contributed by atoms with Crippen LogP contribution in [0.5, 0.6) is 0 Å². The highest BCUT2D eigenvalue weighted by atomic mass is 35.5. The first kappa shape index (κ1) is 12.9. The molecule has 1 N–H and O–H groups in total. The summed E-state index contributed by atoms with van der Waals surface area (Å²) in [5.74, 6) is 0. The van der Waals surface area contributed by atoms with Crippen LogP contribution in [0.1, 0.15) is 31.4 Å². The summed E-state index contributed by atoms with van der Waals surface area (Å²) in [5.41, 5.74) is 1.07. The molecule has 0 atom stereocenters. The number of hydrogen-bond donors (Lipinski definition) is 1. The number of rotatable bonds is 4. The maximum atomic E-state index is 4.91. The quantitative estimate of drug-likeness (QED) is 0.893. The second-order valence-electron chi connectivity index (χ2n) is 4.88. The number of aromatic nitrogens is 1. The van der Waals surface area contributed by atoms with Crippen LogP contribution in [0.15, 0.2) is 16.9 Å². The Morgan fingerprint density at radius 2 is 1.94 bits per heavy atom. The molecule has 96 valence electrons. The Hall–Kier alpha value is -0.580. The van der Waals surface area contributed by atoms with Gasteiger partial charge >= 0.3 is 0 Å². The number of hydrogen-bond acceptors (Lipinski definition) is 4. The standard InChI is InChI=1S/C12H19N3O.ClH/c1-2-11(1)15(9-10-5-8-16-14-10)12-3-6-13-7-4-12;/h5,8,11-13H,1-4,6-7,9H2;1H. The van der Waals surface area contributed by atoms with Gasteiger partial charge in [0.2, 0.25) is 0 Å². The Balaban J connectivity index is 0.00000108. The lowest BCUT2D eigenvalue weighted by molar-refractivity contribution is 0.141. The number of nitrogens with zero attached hydrogens (tertiary/aromatic N) is 2. The van der Waals surface area contributed by atoms with Crippen LogP contribution in [-0.4, -0.2) is 35.2 Å². The average molecular weight is 258 g/mol. The van der Waals surface area contributed by atoms with Crippen molar-refractivity contribution in [2.45, 2.75) is 44.3 Å². The molecule has 0 unspecified atom stereocenters. The topological polar surface area (TPSA) is 41.3 Å². The molecule has 0 amide bonds. The van der Waals surface area contributed by atoms with Crippen molar-refractivity contribution in [2.24, 2.45) is 0 Å². The van der Waals surface area contributed by atoms with Gasteiger partial charge in [0.05, 0.1) is 5.69 Å². The predicted molar refractivity (Wildman–Crippen MR) is 68.2 cm³/mol. The summed E-state index contributed by atoms with van der Waals surface area (Å²) in [4.78, 5) is 2.64. The smallest absolute Gasteiger partial charge is 0.124 e. The third kappa shape index (κ3) is 3.21. The highest BCUT2D eigenvalue weighted by molar-refractivity contribution is 5.85. The third-order valence-electron chi connectivity index (χ3n) is 3.63. The van der Waals surface area contributed by atoms with Crippen LogP contribution in [0.25, 0.3) is 0 Å². The summed E-state index contributed by atoms with van der Waals surface area (Å²) >= 11 is 0. The highest BCUT2D eigenvalue weighted by Crippen LogP contribution is 2.32. The molecule has 0 radical (unpaired) electrons. The van der Waals surface area contributed by atoms with Gasteiger partial charge in [0.1, 0.15) is 6.26 Å². The largest absolute Gasteiger partial charge is 0.364 e. The Bertz CT molecular complexity index is 321. The van der Waals surface area contributed by atoms with Crippen molar-refractivity contribution < 1.29 is 4.52 Å². The summed E-state index contributed by atoms with van der Waals surface area (Å²) in [5, 5.41) is 7.46. The van der Waals surface area contributed by atoms with Crippen LogP contribution in [0, 0.1) is 0 Å². The van der Waals surface area contributed by atoms with E-state index in [9.17, 15) is 0 Å². The van der Waals surface area contributed by atoms with Gasteiger partial charge in [-0.1, -0.05) is 5.16 Å². The van der Waals surface area contributed by atoms with Crippen LogP contribution in [-0.2, 0) is 6.54 Å². The van der Waals surface area contributed by atoms with Gasteiger partial charge in [0, 0.05) is 24.7 Å². The molecular weight excluding hydrogens is 238 g/mol. The Kier molecular flexibility index (Phi) is 4.42. The lowest BCUT2D eigenvalue weighted by atomic mass is 10.0. The molecule has 1 aromatic heterocycles. The first-order valence-corrected chi connectivity index (χ1v) is 6.29. The third-order valence-corrected chi connectivity index (χ3v) is 3.63. The number of piperidine rings is 1. The summed E-state index contributed by atoms with van der Waals surface area (Å²) in [6.07, 6.45) is 6.94. The van der Waals surface area contributed by atoms with Crippen LogP contribution >= 0.6 is 12.4 Å². The maximum Gasteiger partial charge on any atom is 0.124 e. The minimum Gasteiger partial charge on any atom is -0.364 e. The van der Waals surface area contributed by atoms with Crippen LogP contribution in [0.3, 0.4) is 0 Å². The minimum absolute atomic E-state index is 0. The van der Waals surface area contributed by atoms with E-state index >= 15 is 0 Å². The van der Waals surface area contributed by atoms with E-state index in [1.54, 1.807) is 6.26 Å². The fourth-order valence-corrected chi connectivity index (χ4v) is 2.61. The van der Waals surface area contributed by atoms with Gasteiger partial charge in [0.25, 0.3) is 0 Å². The molecule has 2 fully saturated rings. The van der Waals surface area contributed by atoms with E-state index in [2.05, 4.69) is 15.4 Å². The van der Waals surface area contributed by atoms with Crippen molar-refractivity contribution >= 4 is 12.4 Å². The van der Waals surface area contributed by atoms with E-state index in [-0.39, 0.29) is 12.4 Å². The van der Waals surface area contributed by atoms with E-state index in [4.69, 9.17) is 4.52 Å². The molecule has 17 heavy (non-hydrogen) atoms. The molecule has 5 heteroatoms. The molecule has 0 bridgehead atoms. The van der Waals surface area contributed by atoms with E-state index in [0.717, 1.165) is 37.4 Å². The normalized spacial score (nSPS) is 21.5. The van der Waals surface area contributed by atoms with E-state index in [1.165, 1.54) is 25.7 Å². The molecule has 2 heterocycles. The fourth-order valence-electron chi connectivity index (χ4n) is 2.61. The zero-order chi connectivity index (χ0) is 10.8. The second-order valence-corrected chi connectivity index (χ2v) is 4.88. The van der Waals surface area contributed by atoms with Crippen molar-refractivity contribution in [1.82, 2.24) is 15.4 Å². The zero-order valence-electron chi connectivity index (χ0n) is 9.97. The van der Waals surface area contributed by atoms with Crippen molar-refractivity contribution in [2.75, 3.05) is 13.1 Å². The molecule has 0 spiro atoms. The summed E-state index contributed by atoms with van der Waals surface area (Å²) in [7, 11) is 0. The fraction of sp³-hybridized carbons (Fsp3) is 0.750. The van der Waals surface area contributed by atoms with Gasteiger partial charge in [-0.25, -0.2) is 0 Å². The van der Waals surface area contributed by atoms with Crippen LogP contribution in [0.2, 0.25) is 0 Å². The lowest BCUT2D eigenvalue weighted by Gasteiger charge is -2.34. The van der Waals surface area contributed by atoms with Gasteiger partial charge in [0.15, 0.2) is 0 Å². The first-order chi connectivity index (χ1) is 7.93. The Labute approximate surface area is 108 Å². The van der Waals surface area contributed by atoms with Crippen molar-refractivity contribution in [3.8, 4) is 0 Å². The molecular formula is C12H20ClN3O. The summed E-state index contributed by atoms with van der Waals surface area (Å²) < 4.78 is 4.91. The molecule has 2 aliphatic rings. The van der Waals surface area contributed by atoms with Crippen molar-refractivity contribution in [3.63, 3.8) is 0 Å². The van der Waals surface area contributed by atoms with E-state index < -0.39 is 0 Å². The molecule has 1 aromatic rings. The van der Waals surface area contributed by atoms with Crippen molar-refractivity contribution in [3.05, 3.63) is 18.0 Å². The molecule has 1 saturated heterocycles. The Morgan fingerprint density at radius 3 is 2.53 bits per heavy atom. The maximum absolute atomic E-state index is 4.91. The molecule has 3 rings (SSSR count). The number of nitrogens with one attached hydrogen (secondary N) is 1. The average Bonchev–Trinajstić information content (AvgIpc) is 3.05. The van der Waals surface area contributed by atoms with Gasteiger partial charge in [-0.15, -0.1) is 12.4 Å². The SMILES string of the molecule is Cl.c1cc(CN(C2CCNCC2)C2CC2)no1. The van der Waals surface area contributed by atoms with Gasteiger partial charge in [-0.2, -0.15) is 0 Å². The Morgan fingerprint density at radius 1 is 1.24 bits per heavy atom. The van der Waals surface area contributed by atoms with E-state index in [1.807, 2.05) is 6.07 Å². The lowest BCUT2D eigenvalue weighted by Crippen LogP contribution is -2.43. The first-order valence-electron chi connectivity index (χ1n) is 6.29. The molecule has 0 aromatic carbocycles. The van der Waals surface area contributed by atoms with Crippen LogP contribution in [0.4, 0.5) is 0 Å². The molecule has 1 aliphatic carbocycles. The molecule has 1 saturated carbocycles. The second kappa shape index (κ2) is 5.85. The summed E-state index contributed by atoms with van der Waals surface area (Å²) in [6.45, 7) is 3.28. The molecule has 1 aliphatic heterocycles. The molecule has 4 nitrogen and oxygen atoms in total.